The first-order chi connectivity index (χ1) is 6.93. The van der Waals surface area contributed by atoms with Gasteiger partial charge in [-0.1, -0.05) is 32.9 Å². The molecule has 0 aromatic heterocycles. The molecule has 0 saturated heterocycles. The molecule has 1 aromatic carbocycles. The Labute approximate surface area is 91.3 Å². The Morgan fingerprint density at radius 3 is 2.20 bits per heavy atom. The van der Waals surface area contributed by atoms with Crippen LogP contribution < -0.4 is 4.74 Å². The Morgan fingerprint density at radius 1 is 1.27 bits per heavy atom. The number of hydrogen-bond donors (Lipinski definition) is 0. The van der Waals surface area contributed by atoms with Gasteiger partial charge in [-0.2, -0.15) is 0 Å². The van der Waals surface area contributed by atoms with E-state index in [0.29, 0.717) is 5.75 Å². The van der Waals surface area contributed by atoms with E-state index in [2.05, 4.69) is 27.7 Å². The lowest BCUT2D eigenvalue weighted by Gasteiger charge is -2.18. The van der Waals surface area contributed by atoms with Crippen LogP contribution in [0, 0.1) is 6.92 Å². The Morgan fingerprint density at radius 2 is 1.80 bits per heavy atom. The molecule has 2 nitrogen and oxygen atoms in total. The van der Waals surface area contributed by atoms with Crippen molar-refractivity contribution < 1.29 is 9.53 Å². The van der Waals surface area contributed by atoms with Crippen LogP contribution in [0.4, 0.5) is 0 Å². The van der Waals surface area contributed by atoms with Crippen molar-refractivity contribution >= 4 is 5.97 Å². The molecule has 2 heteroatoms. The summed E-state index contributed by atoms with van der Waals surface area (Å²) in [5.74, 6) is 0.273. The molecular weight excluding hydrogens is 188 g/mol. The van der Waals surface area contributed by atoms with Gasteiger partial charge in [0.05, 0.1) is 0 Å². The highest BCUT2D eigenvalue weighted by Crippen LogP contribution is 2.24. The fourth-order valence-corrected chi connectivity index (χ4v) is 1.21. The van der Waals surface area contributed by atoms with Crippen LogP contribution in [0.5, 0.6) is 5.75 Å². The van der Waals surface area contributed by atoms with Gasteiger partial charge in [0, 0.05) is 6.42 Å². The van der Waals surface area contributed by atoms with E-state index in [4.69, 9.17) is 4.74 Å². The van der Waals surface area contributed by atoms with E-state index in [0.717, 1.165) is 0 Å². The maximum atomic E-state index is 11.0. The first kappa shape index (κ1) is 11.8. The molecule has 0 unspecified atom stereocenters. The number of esters is 1. The standard InChI is InChI=1S/C13H17O2/c1-5-12(14)15-11-8-6-10(7-9-11)13(2,3)4/h6-9H,1,5H2,2-4H3. The van der Waals surface area contributed by atoms with E-state index in [1.54, 1.807) is 0 Å². The summed E-state index contributed by atoms with van der Waals surface area (Å²) in [7, 11) is 0. The van der Waals surface area contributed by atoms with Crippen molar-refractivity contribution in [3.8, 4) is 5.75 Å². The van der Waals surface area contributed by atoms with Crippen molar-refractivity contribution in [1.82, 2.24) is 0 Å². The molecule has 81 valence electrons. The van der Waals surface area contributed by atoms with Crippen LogP contribution in [0.15, 0.2) is 24.3 Å². The number of carbonyl (C=O) groups is 1. The van der Waals surface area contributed by atoms with Crippen molar-refractivity contribution in [2.45, 2.75) is 32.6 Å². The predicted molar refractivity (Wildman–Crippen MR) is 60.8 cm³/mol. The monoisotopic (exact) mass is 205 g/mol. The molecule has 1 radical (unpaired) electrons. The molecule has 0 fully saturated rings. The van der Waals surface area contributed by atoms with Crippen molar-refractivity contribution in [1.29, 1.82) is 0 Å². The minimum Gasteiger partial charge on any atom is -0.427 e. The molecule has 0 N–H and O–H groups in total. The van der Waals surface area contributed by atoms with Crippen molar-refractivity contribution in [2.24, 2.45) is 0 Å². The Hall–Kier alpha value is -1.31. The van der Waals surface area contributed by atoms with Crippen LogP contribution >= 0.6 is 0 Å². The third-order valence-corrected chi connectivity index (χ3v) is 2.16. The van der Waals surface area contributed by atoms with Gasteiger partial charge in [0.25, 0.3) is 0 Å². The van der Waals surface area contributed by atoms with E-state index in [1.165, 1.54) is 5.56 Å². The summed E-state index contributed by atoms with van der Waals surface area (Å²) >= 11 is 0. The first-order valence-electron chi connectivity index (χ1n) is 5.04. The van der Waals surface area contributed by atoms with Gasteiger partial charge in [0.15, 0.2) is 0 Å². The van der Waals surface area contributed by atoms with Crippen molar-refractivity contribution in [3.05, 3.63) is 36.8 Å². The third kappa shape index (κ3) is 3.39. The molecule has 1 aromatic rings. The van der Waals surface area contributed by atoms with Gasteiger partial charge in [0.2, 0.25) is 0 Å². The van der Waals surface area contributed by atoms with Gasteiger partial charge in [-0.05, 0) is 30.0 Å². The fourth-order valence-electron chi connectivity index (χ4n) is 1.21. The molecule has 0 saturated carbocycles. The van der Waals surface area contributed by atoms with Crippen LogP contribution in [-0.4, -0.2) is 5.97 Å². The Balaban J connectivity index is 2.77. The van der Waals surface area contributed by atoms with Crippen molar-refractivity contribution in [3.63, 3.8) is 0 Å². The van der Waals surface area contributed by atoms with Crippen LogP contribution in [-0.2, 0) is 10.2 Å². The van der Waals surface area contributed by atoms with Gasteiger partial charge in [-0.3, -0.25) is 4.79 Å². The molecule has 0 amide bonds. The summed E-state index contributed by atoms with van der Waals surface area (Å²) in [4.78, 5) is 11.0. The highest BCUT2D eigenvalue weighted by atomic mass is 16.5. The smallest absolute Gasteiger partial charge is 0.311 e. The maximum Gasteiger partial charge on any atom is 0.311 e. The van der Waals surface area contributed by atoms with E-state index in [9.17, 15) is 4.79 Å². The number of ether oxygens (including phenoxy) is 1. The van der Waals surface area contributed by atoms with Crippen LogP contribution in [0.25, 0.3) is 0 Å². The first-order valence-corrected chi connectivity index (χ1v) is 5.04. The Kier molecular flexibility index (Phi) is 3.51. The molecule has 0 aliphatic heterocycles. The third-order valence-electron chi connectivity index (χ3n) is 2.16. The lowest BCUT2D eigenvalue weighted by Crippen LogP contribution is -2.11. The van der Waals surface area contributed by atoms with Crippen LogP contribution in [0.3, 0.4) is 0 Å². The molecule has 0 heterocycles. The summed E-state index contributed by atoms with van der Waals surface area (Å²) in [6.07, 6.45) is 0.154. The van der Waals surface area contributed by atoms with Gasteiger partial charge in [-0.15, -0.1) is 0 Å². The molecule has 1 rings (SSSR count). The van der Waals surface area contributed by atoms with Gasteiger partial charge in [-0.25, -0.2) is 0 Å². The second-order valence-corrected chi connectivity index (χ2v) is 4.50. The zero-order valence-electron chi connectivity index (χ0n) is 9.54. The lowest BCUT2D eigenvalue weighted by atomic mass is 9.87. The summed E-state index contributed by atoms with van der Waals surface area (Å²) in [6.45, 7) is 9.89. The van der Waals surface area contributed by atoms with E-state index in [1.807, 2.05) is 24.3 Å². The van der Waals surface area contributed by atoms with Crippen LogP contribution in [0.2, 0.25) is 0 Å². The SMILES string of the molecule is [CH2]CC(=O)Oc1ccc(C(C)(C)C)cc1. The molecule has 0 spiro atoms. The highest BCUT2D eigenvalue weighted by Gasteiger charge is 2.13. The molecule has 0 aliphatic carbocycles. The number of hydrogen-bond acceptors (Lipinski definition) is 2. The van der Waals surface area contributed by atoms with E-state index < -0.39 is 0 Å². The lowest BCUT2D eigenvalue weighted by molar-refractivity contribution is -0.133. The summed E-state index contributed by atoms with van der Waals surface area (Å²) in [5.41, 5.74) is 1.34. The molecule has 0 bridgehead atoms. The van der Waals surface area contributed by atoms with Crippen LogP contribution in [0.1, 0.15) is 32.8 Å². The highest BCUT2D eigenvalue weighted by molar-refractivity contribution is 5.72. The van der Waals surface area contributed by atoms with Gasteiger partial charge >= 0.3 is 5.97 Å². The van der Waals surface area contributed by atoms with Crippen molar-refractivity contribution in [2.75, 3.05) is 0 Å². The largest absolute Gasteiger partial charge is 0.427 e. The van der Waals surface area contributed by atoms with E-state index in [-0.39, 0.29) is 17.8 Å². The number of rotatable bonds is 2. The minimum absolute atomic E-state index is 0.120. The second kappa shape index (κ2) is 4.47. The molecule has 15 heavy (non-hydrogen) atoms. The Bertz CT molecular complexity index is 331. The normalized spacial score (nSPS) is 11.2. The van der Waals surface area contributed by atoms with Gasteiger partial charge in [0.1, 0.15) is 5.75 Å². The quantitative estimate of drug-likeness (QED) is 0.547. The minimum atomic E-state index is -0.307. The predicted octanol–water partition coefficient (Wildman–Crippen LogP) is 3.11. The number of benzene rings is 1. The zero-order valence-corrected chi connectivity index (χ0v) is 9.54. The van der Waals surface area contributed by atoms with E-state index >= 15 is 0 Å². The molecule has 0 atom stereocenters. The molecule has 0 aliphatic rings. The summed E-state index contributed by atoms with van der Waals surface area (Å²) in [5, 5.41) is 0. The second-order valence-electron chi connectivity index (χ2n) is 4.50. The maximum absolute atomic E-state index is 11.0. The summed E-state index contributed by atoms with van der Waals surface area (Å²) < 4.78 is 5.03. The number of carbonyl (C=O) groups excluding carboxylic acids is 1. The average Bonchev–Trinajstić information content (AvgIpc) is 2.17. The fraction of sp³-hybridized carbons (Fsp3) is 0.385. The summed E-state index contributed by atoms with van der Waals surface area (Å²) in [6, 6.07) is 7.58. The average molecular weight is 205 g/mol. The molecular formula is C13H17O2. The van der Waals surface area contributed by atoms with Gasteiger partial charge < -0.3 is 4.74 Å². The topological polar surface area (TPSA) is 26.3 Å². The zero-order chi connectivity index (χ0) is 11.5.